The highest BCUT2D eigenvalue weighted by atomic mass is 32.1. The third-order valence-electron chi connectivity index (χ3n) is 2.82. The Balaban J connectivity index is 2.61. The van der Waals surface area contributed by atoms with E-state index in [1.165, 1.54) is 0 Å². The van der Waals surface area contributed by atoms with Crippen molar-refractivity contribution in [3.63, 3.8) is 0 Å². The van der Waals surface area contributed by atoms with Gasteiger partial charge in [0.25, 0.3) is 0 Å². The van der Waals surface area contributed by atoms with Gasteiger partial charge in [0.2, 0.25) is 0 Å². The van der Waals surface area contributed by atoms with E-state index in [0.717, 1.165) is 34.5 Å². The first-order valence-corrected chi connectivity index (χ1v) is 6.45. The maximum Gasteiger partial charge on any atom is 0.154 e. The predicted molar refractivity (Wildman–Crippen MR) is 73.1 cm³/mol. The van der Waals surface area contributed by atoms with Crippen LogP contribution in [0, 0.1) is 4.64 Å². The Bertz CT molecular complexity index is 587. The number of hydrogen-bond acceptors (Lipinski definition) is 2. The second kappa shape index (κ2) is 4.26. The van der Waals surface area contributed by atoms with Crippen LogP contribution in [0.4, 0.5) is 0 Å². The molecule has 4 heteroatoms. The Hall–Kier alpha value is -1.16. The van der Waals surface area contributed by atoms with Crippen molar-refractivity contribution in [2.24, 2.45) is 0 Å². The van der Waals surface area contributed by atoms with Crippen LogP contribution in [-0.2, 0) is 11.8 Å². The van der Waals surface area contributed by atoms with Crippen LogP contribution in [-0.4, -0.2) is 14.6 Å². The minimum atomic E-state index is 0.0837. The molecule has 0 radical (unpaired) electrons. The number of aromatic nitrogens is 3. The second-order valence-electron chi connectivity index (χ2n) is 5.45. The number of H-pyrrole nitrogens is 1. The molecule has 2 aromatic rings. The fourth-order valence-electron chi connectivity index (χ4n) is 1.81. The zero-order chi connectivity index (χ0) is 12.6. The summed E-state index contributed by atoms with van der Waals surface area (Å²) in [5.74, 6) is 0. The molecule has 3 nitrogen and oxygen atoms in total. The van der Waals surface area contributed by atoms with Crippen LogP contribution in [0.2, 0.25) is 0 Å². The first-order chi connectivity index (χ1) is 7.91. The number of aryl methyl sites for hydroxylation is 1. The van der Waals surface area contributed by atoms with Gasteiger partial charge in [-0.05, 0) is 12.5 Å². The summed E-state index contributed by atoms with van der Waals surface area (Å²) in [5.41, 5.74) is 3.24. The highest BCUT2D eigenvalue weighted by molar-refractivity contribution is 7.71. The number of fused-ring (bicyclic) bond motifs is 1. The van der Waals surface area contributed by atoms with Crippen molar-refractivity contribution in [2.75, 3.05) is 0 Å². The third kappa shape index (κ3) is 2.41. The van der Waals surface area contributed by atoms with Gasteiger partial charge in [0.15, 0.2) is 5.65 Å². The van der Waals surface area contributed by atoms with Gasteiger partial charge in [0.1, 0.15) is 4.64 Å². The maximum absolute atomic E-state index is 5.38. The standard InChI is InChI=1S/C13H19N3S/c1-5-6-9-7-12(17)16-11(14-9)8-10(15-16)13(2,3)4/h7-8,15H,5-6H2,1-4H3. The van der Waals surface area contributed by atoms with E-state index in [4.69, 9.17) is 12.2 Å². The van der Waals surface area contributed by atoms with Gasteiger partial charge in [-0.15, -0.1) is 0 Å². The number of hydrogen-bond donors (Lipinski definition) is 1. The molecule has 2 heterocycles. The molecule has 0 unspecified atom stereocenters. The van der Waals surface area contributed by atoms with Crippen molar-refractivity contribution in [3.8, 4) is 0 Å². The van der Waals surface area contributed by atoms with Crippen molar-refractivity contribution in [3.05, 3.63) is 28.2 Å². The Labute approximate surface area is 107 Å². The number of nitrogens with one attached hydrogen (secondary N) is 1. The normalized spacial score (nSPS) is 12.2. The van der Waals surface area contributed by atoms with Crippen molar-refractivity contribution in [1.82, 2.24) is 14.6 Å². The topological polar surface area (TPSA) is 33.1 Å². The van der Waals surface area contributed by atoms with Crippen molar-refractivity contribution < 1.29 is 0 Å². The molecule has 0 fully saturated rings. The summed E-state index contributed by atoms with van der Waals surface area (Å²) < 4.78 is 2.68. The van der Waals surface area contributed by atoms with Crippen molar-refractivity contribution in [2.45, 2.75) is 46.0 Å². The van der Waals surface area contributed by atoms with Crippen LogP contribution in [0.15, 0.2) is 12.1 Å². The van der Waals surface area contributed by atoms with E-state index in [1.54, 1.807) is 0 Å². The van der Waals surface area contributed by atoms with Crippen LogP contribution in [0.1, 0.15) is 45.5 Å². The molecule has 0 aliphatic carbocycles. The zero-order valence-corrected chi connectivity index (χ0v) is 11.7. The molecule has 0 aliphatic rings. The molecular weight excluding hydrogens is 230 g/mol. The lowest BCUT2D eigenvalue weighted by Gasteiger charge is -2.14. The van der Waals surface area contributed by atoms with Gasteiger partial charge in [-0.3, -0.25) is 5.10 Å². The molecule has 1 N–H and O–H groups in total. The Morgan fingerprint density at radius 2 is 2.06 bits per heavy atom. The minimum Gasteiger partial charge on any atom is -0.295 e. The summed E-state index contributed by atoms with van der Waals surface area (Å²) in [6, 6.07) is 4.07. The van der Waals surface area contributed by atoms with Crippen LogP contribution in [0.25, 0.3) is 5.65 Å². The second-order valence-corrected chi connectivity index (χ2v) is 5.87. The molecule has 2 rings (SSSR count). The lowest BCUT2D eigenvalue weighted by molar-refractivity contribution is 0.562. The third-order valence-corrected chi connectivity index (χ3v) is 3.12. The average Bonchev–Trinajstić information content (AvgIpc) is 2.61. The molecule has 0 amide bonds. The zero-order valence-electron chi connectivity index (χ0n) is 10.9. The minimum absolute atomic E-state index is 0.0837. The molecule has 0 spiro atoms. The van der Waals surface area contributed by atoms with E-state index in [1.807, 2.05) is 10.6 Å². The van der Waals surface area contributed by atoms with Gasteiger partial charge in [-0.2, -0.15) is 0 Å². The summed E-state index contributed by atoms with van der Waals surface area (Å²) in [4.78, 5) is 4.62. The van der Waals surface area contributed by atoms with Crippen molar-refractivity contribution in [1.29, 1.82) is 0 Å². The molecular formula is C13H19N3S. The van der Waals surface area contributed by atoms with E-state index in [0.29, 0.717) is 0 Å². The van der Waals surface area contributed by atoms with Crippen LogP contribution >= 0.6 is 12.2 Å². The van der Waals surface area contributed by atoms with Crippen molar-refractivity contribution >= 4 is 17.9 Å². The van der Waals surface area contributed by atoms with Crippen LogP contribution < -0.4 is 0 Å². The number of rotatable bonds is 2. The summed E-state index contributed by atoms with van der Waals surface area (Å²) in [6.45, 7) is 8.68. The van der Waals surface area contributed by atoms with E-state index in [-0.39, 0.29) is 5.41 Å². The molecule has 2 aromatic heterocycles. The first kappa shape index (κ1) is 12.3. The van der Waals surface area contributed by atoms with E-state index in [2.05, 4.69) is 43.8 Å². The monoisotopic (exact) mass is 249 g/mol. The lowest BCUT2D eigenvalue weighted by Crippen LogP contribution is -2.11. The van der Waals surface area contributed by atoms with Gasteiger partial charge in [-0.25, -0.2) is 9.50 Å². The van der Waals surface area contributed by atoms with Gasteiger partial charge in [0, 0.05) is 22.9 Å². The van der Waals surface area contributed by atoms with Gasteiger partial charge in [0.05, 0.1) is 0 Å². The fraction of sp³-hybridized carbons (Fsp3) is 0.538. The lowest BCUT2D eigenvalue weighted by atomic mass is 9.93. The highest BCUT2D eigenvalue weighted by Crippen LogP contribution is 2.21. The SMILES string of the molecule is CCCc1cc(=S)n2[nH]c(C(C)(C)C)cc2n1. The van der Waals surface area contributed by atoms with Crippen LogP contribution in [0.3, 0.4) is 0 Å². The Kier molecular flexibility index (Phi) is 3.08. The summed E-state index contributed by atoms with van der Waals surface area (Å²) in [7, 11) is 0. The molecule has 0 saturated heterocycles. The van der Waals surface area contributed by atoms with Gasteiger partial charge >= 0.3 is 0 Å². The smallest absolute Gasteiger partial charge is 0.154 e. The largest absolute Gasteiger partial charge is 0.295 e. The highest BCUT2D eigenvalue weighted by Gasteiger charge is 2.17. The molecule has 92 valence electrons. The predicted octanol–water partition coefficient (Wildman–Crippen LogP) is 3.64. The quantitative estimate of drug-likeness (QED) is 0.824. The molecule has 17 heavy (non-hydrogen) atoms. The molecule has 0 aromatic carbocycles. The van der Waals surface area contributed by atoms with E-state index in [9.17, 15) is 0 Å². The van der Waals surface area contributed by atoms with Gasteiger partial charge < -0.3 is 0 Å². The molecule has 0 atom stereocenters. The summed E-state index contributed by atoms with van der Waals surface area (Å²) in [5, 5.41) is 3.32. The first-order valence-electron chi connectivity index (χ1n) is 6.04. The van der Waals surface area contributed by atoms with E-state index >= 15 is 0 Å². The van der Waals surface area contributed by atoms with Gasteiger partial charge in [-0.1, -0.05) is 46.3 Å². The van der Waals surface area contributed by atoms with E-state index < -0.39 is 0 Å². The van der Waals surface area contributed by atoms with Crippen LogP contribution in [0.5, 0.6) is 0 Å². The fourth-order valence-corrected chi connectivity index (χ4v) is 2.08. The number of nitrogens with zero attached hydrogens (tertiary/aromatic N) is 2. The molecule has 0 saturated carbocycles. The Morgan fingerprint density at radius 1 is 1.35 bits per heavy atom. The summed E-state index contributed by atoms with van der Waals surface area (Å²) >= 11 is 5.38. The maximum atomic E-state index is 5.38. The molecule has 0 bridgehead atoms. The average molecular weight is 249 g/mol. The summed E-state index contributed by atoms with van der Waals surface area (Å²) in [6.07, 6.45) is 2.07. The number of aromatic amines is 1. The Morgan fingerprint density at radius 3 is 2.65 bits per heavy atom. The molecule has 0 aliphatic heterocycles.